The Hall–Kier alpha value is -1.36. The van der Waals surface area contributed by atoms with E-state index in [9.17, 15) is 9.59 Å². The lowest BCUT2D eigenvalue weighted by Crippen LogP contribution is -2.18. The summed E-state index contributed by atoms with van der Waals surface area (Å²) in [5.74, 6) is 0.229. The van der Waals surface area contributed by atoms with Gasteiger partial charge in [0.05, 0.1) is 5.56 Å². The fourth-order valence-electron chi connectivity index (χ4n) is 3.35. The molecule has 2 rings (SSSR count). The average Bonchev–Trinajstić information content (AvgIpc) is 2.81. The van der Waals surface area contributed by atoms with Crippen LogP contribution in [-0.4, -0.2) is 11.8 Å². The Balaban J connectivity index is 1.97. The molecule has 1 heterocycles. The molecule has 1 aliphatic rings. The molecule has 0 spiro atoms. The van der Waals surface area contributed by atoms with Crippen molar-refractivity contribution in [2.45, 2.75) is 65.2 Å². The fourth-order valence-corrected chi connectivity index (χ4v) is 4.52. The van der Waals surface area contributed by atoms with Crippen molar-refractivity contribution in [3.05, 3.63) is 16.0 Å². The molecule has 1 fully saturated rings. The van der Waals surface area contributed by atoms with Crippen molar-refractivity contribution in [2.24, 2.45) is 11.7 Å². The summed E-state index contributed by atoms with van der Waals surface area (Å²) in [6.45, 7) is 3.96. The van der Waals surface area contributed by atoms with Gasteiger partial charge < -0.3 is 11.1 Å². The molecule has 5 heteroatoms. The molecule has 4 nitrogen and oxygen atoms in total. The Labute approximate surface area is 136 Å². The number of carbonyl (C=O) groups is 2. The Morgan fingerprint density at radius 3 is 2.55 bits per heavy atom. The monoisotopic (exact) mass is 322 g/mol. The average molecular weight is 322 g/mol. The van der Waals surface area contributed by atoms with Crippen molar-refractivity contribution in [1.29, 1.82) is 0 Å². The molecule has 1 saturated carbocycles. The number of thiophene rings is 1. The van der Waals surface area contributed by atoms with Gasteiger partial charge in [0.1, 0.15) is 5.00 Å². The molecule has 0 atom stereocenters. The molecule has 3 N–H and O–H groups in total. The number of hydrogen-bond donors (Lipinski definition) is 2. The van der Waals surface area contributed by atoms with Crippen LogP contribution >= 0.6 is 11.3 Å². The second kappa shape index (κ2) is 7.77. The van der Waals surface area contributed by atoms with Crippen molar-refractivity contribution < 1.29 is 9.59 Å². The minimum atomic E-state index is -0.455. The summed E-state index contributed by atoms with van der Waals surface area (Å²) < 4.78 is 0. The van der Waals surface area contributed by atoms with Gasteiger partial charge in [-0.1, -0.05) is 39.0 Å². The summed E-state index contributed by atoms with van der Waals surface area (Å²) in [6, 6.07) is 0. The number of hydrogen-bond acceptors (Lipinski definition) is 3. The summed E-state index contributed by atoms with van der Waals surface area (Å²) in [6.07, 6.45) is 8.64. The van der Waals surface area contributed by atoms with Crippen molar-refractivity contribution >= 4 is 28.2 Å². The van der Waals surface area contributed by atoms with E-state index in [0.29, 0.717) is 22.9 Å². The van der Waals surface area contributed by atoms with Gasteiger partial charge in [0, 0.05) is 11.3 Å². The first-order valence-electron chi connectivity index (χ1n) is 8.24. The number of amides is 2. The smallest absolute Gasteiger partial charge is 0.251 e. The highest BCUT2D eigenvalue weighted by Gasteiger charge is 2.21. The number of rotatable bonds is 6. The van der Waals surface area contributed by atoms with Crippen molar-refractivity contribution in [3.63, 3.8) is 0 Å². The molecule has 1 aromatic rings. The molecular weight excluding hydrogens is 296 g/mol. The Morgan fingerprint density at radius 2 is 1.95 bits per heavy atom. The number of nitrogens with one attached hydrogen (secondary N) is 1. The lowest BCUT2D eigenvalue weighted by molar-refractivity contribution is -0.116. The highest BCUT2D eigenvalue weighted by molar-refractivity contribution is 7.16. The highest BCUT2D eigenvalue weighted by Crippen LogP contribution is 2.33. The molecule has 0 bridgehead atoms. The van der Waals surface area contributed by atoms with Crippen molar-refractivity contribution in [1.82, 2.24) is 0 Å². The quantitative estimate of drug-likeness (QED) is 0.830. The molecule has 122 valence electrons. The number of aryl methyl sites for hydroxylation is 1. The van der Waals surface area contributed by atoms with Crippen LogP contribution in [0.5, 0.6) is 0 Å². The van der Waals surface area contributed by atoms with Crippen LogP contribution < -0.4 is 11.1 Å². The van der Waals surface area contributed by atoms with Gasteiger partial charge >= 0.3 is 0 Å². The van der Waals surface area contributed by atoms with Crippen LogP contribution in [0.1, 0.15) is 72.7 Å². The summed E-state index contributed by atoms with van der Waals surface area (Å²) in [5.41, 5.74) is 6.94. The maximum Gasteiger partial charge on any atom is 0.251 e. The van der Waals surface area contributed by atoms with E-state index in [0.717, 1.165) is 23.3 Å². The molecular formula is C17H26N2O2S. The van der Waals surface area contributed by atoms with Gasteiger partial charge in [0.25, 0.3) is 5.91 Å². The molecule has 1 aromatic heterocycles. The third-order valence-electron chi connectivity index (χ3n) is 4.57. The number of primary amides is 1. The van der Waals surface area contributed by atoms with Crippen LogP contribution in [0.15, 0.2) is 0 Å². The van der Waals surface area contributed by atoms with Crippen LogP contribution in [0.2, 0.25) is 0 Å². The second-order valence-electron chi connectivity index (χ2n) is 6.15. The lowest BCUT2D eigenvalue weighted by atomic mass is 9.86. The van der Waals surface area contributed by atoms with E-state index in [2.05, 4.69) is 5.32 Å². The predicted octanol–water partition coefficient (Wildman–Crippen LogP) is 4.02. The van der Waals surface area contributed by atoms with Crippen LogP contribution in [-0.2, 0) is 11.2 Å². The van der Waals surface area contributed by atoms with Gasteiger partial charge in [0.2, 0.25) is 5.91 Å². The molecule has 0 unspecified atom stereocenters. The first kappa shape index (κ1) is 17.0. The van der Waals surface area contributed by atoms with Gasteiger partial charge in [-0.3, -0.25) is 9.59 Å². The number of nitrogens with two attached hydrogens (primary N) is 1. The van der Waals surface area contributed by atoms with E-state index in [4.69, 9.17) is 5.73 Å². The van der Waals surface area contributed by atoms with E-state index in [1.807, 2.05) is 13.8 Å². The SMILES string of the molecule is CCc1c(C)sc(NC(=O)CCC2CCCCC2)c1C(N)=O. The van der Waals surface area contributed by atoms with Gasteiger partial charge in [-0.15, -0.1) is 11.3 Å². The molecule has 0 aromatic carbocycles. The number of anilines is 1. The maximum absolute atomic E-state index is 12.2. The lowest BCUT2D eigenvalue weighted by Gasteiger charge is -2.20. The summed E-state index contributed by atoms with van der Waals surface area (Å²) in [5, 5.41) is 3.53. The van der Waals surface area contributed by atoms with Gasteiger partial charge in [-0.2, -0.15) is 0 Å². The van der Waals surface area contributed by atoms with E-state index >= 15 is 0 Å². The van der Waals surface area contributed by atoms with Gasteiger partial charge in [-0.05, 0) is 31.2 Å². The van der Waals surface area contributed by atoms with E-state index in [1.165, 1.54) is 43.4 Å². The van der Waals surface area contributed by atoms with E-state index in [-0.39, 0.29) is 5.91 Å². The predicted molar refractivity (Wildman–Crippen MR) is 91.4 cm³/mol. The minimum Gasteiger partial charge on any atom is -0.365 e. The zero-order valence-corrected chi connectivity index (χ0v) is 14.4. The zero-order chi connectivity index (χ0) is 16.1. The fraction of sp³-hybridized carbons (Fsp3) is 0.647. The zero-order valence-electron chi connectivity index (χ0n) is 13.5. The molecule has 0 saturated heterocycles. The van der Waals surface area contributed by atoms with Crippen LogP contribution in [0, 0.1) is 12.8 Å². The third kappa shape index (κ3) is 4.09. The van der Waals surface area contributed by atoms with Crippen LogP contribution in [0.3, 0.4) is 0 Å². The van der Waals surface area contributed by atoms with Crippen LogP contribution in [0.25, 0.3) is 0 Å². The first-order valence-corrected chi connectivity index (χ1v) is 9.06. The van der Waals surface area contributed by atoms with E-state index in [1.54, 1.807) is 0 Å². The van der Waals surface area contributed by atoms with Crippen molar-refractivity contribution in [3.8, 4) is 0 Å². The molecule has 1 aliphatic carbocycles. The summed E-state index contributed by atoms with van der Waals surface area (Å²) in [7, 11) is 0. The maximum atomic E-state index is 12.2. The first-order chi connectivity index (χ1) is 10.5. The molecule has 0 radical (unpaired) electrons. The second-order valence-corrected chi connectivity index (χ2v) is 7.37. The Bertz CT molecular complexity index is 545. The van der Waals surface area contributed by atoms with Crippen molar-refractivity contribution in [2.75, 3.05) is 5.32 Å². The Kier molecular flexibility index (Phi) is 6.00. The topological polar surface area (TPSA) is 72.2 Å². The van der Waals surface area contributed by atoms with Gasteiger partial charge in [-0.25, -0.2) is 0 Å². The highest BCUT2D eigenvalue weighted by atomic mass is 32.1. The largest absolute Gasteiger partial charge is 0.365 e. The molecule has 22 heavy (non-hydrogen) atoms. The third-order valence-corrected chi connectivity index (χ3v) is 5.63. The van der Waals surface area contributed by atoms with Gasteiger partial charge in [0.15, 0.2) is 0 Å². The standard InChI is InChI=1S/C17H26N2O2S/c1-3-13-11(2)22-17(15(13)16(18)21)19-14(20)10-9-12-7-5-4-6-8-12/h12H,3-10H2,1-2H3,(H2,18,21)(H,19,20). The Morgan fingerprint density at radius 1 is 1.27 bits per heavy atom. The van der Waals surface area contributed by atoms with E-state index < -0.39 is 5.91 Å². The molecule has 0 aliphatic heterocycles. The summed E-state index contributed by atoms with van der Waals surface area (Å²) in [4.78, 5) is 24.9. The molecule has 2 amide bonds. The van der Waals surface area contributed by atoms with Crippen LogP contribution in [0.4, 0.5) is 5.00 Å². The number of carbonyl (C=O) groups excluding carboxylic acids is 2. The normalized spacial score (nSPS) is 15.7. The minimum absolute atomic E-state index is 0.00280. The summed E-state index contributed by atoms with van der Waals surface area (Å²) >= 11 is 1.45.